The maximum absolute atomic E-state index is 12.3. The molecule has 0 radical (unpaired) electrons. The monoisotopic (exact) mass is 448 g/mol. The zero-order chi connectivity index (χ0) is 23.8. The molecule has 0 unspecified atom stereocenters. The second-order valence-electron chi connectivity index (χ2n) is 7.09. The lowest BCUT2D eigenvalue weighted by atomic mass is 10.1. The molecule has 0 atom stereocenters. The number of aryl methyl sites for hydroxylation is 1. The molecular weight excluding hydrogens is 424 g/mol. The fourth-order valence-corrected chi connectivity index (χ4v) is 3.08. The number of non-ortho nitro benzene ring substituents is 1. The molecule has 33 heavy (non-hydrogen) atoms. The molecule has 0 fully saturated rings. The van der Waals surface area contributed by atoms with Gasteiger partial charge in [0.15, 0.2) is 11.5 Å². The second kappa shape index (κ2) is 10.8. The third-order valence-corrected chi connectivity index (χ3v) is 4.91. The lowest BCUT2D eigenvalue weighted by Crippen LogP contribution is -2.09. The van der Waals surface area contributed by atoms with Crippen molar-refractivity contribution in [3.63, 3.8) is 0 Å². The third kappa shape index (κ3) is 6.10. The summed E-state index contributed by atoms with van der Waals surface area (Å²) in [6.45, 7) is 2.44. The minimum Gasteiger partial charge on any atom is -0.494 e. The minimum absolute atomic E-state index is 0.128. The fraction of sp³-hybridized carbons (Fsp3) is 0.160. The summed E-state index contributed by atoms with van der Waals surface area (Å²) in [5, 5.41) is 13.6. The van der Waals surface area contributed by atoms with Crippen molar-refractivity contribution in [2.24, 2.45) is 0 Å². The molecule has 0 bridgehead atoms. The summed E-state index contributed by atoms with van der Waals surface area (Å²) in [5.41, 5.74) is 3.17. The van der Waals surface area contributed by atoms with Crippen molar-refractivity contribution in [1.82, 2.24) is 0 Å². The average Bonchev–Trinajstić information content (AvgIpc) is 2.82. The van der Waals surface area contributed by atoms with Crippen LogP contribution in [0.2, 0.25) is 0 Å². The highest BCUT2D eigenvalue weighted by Crippen LogP contribution is 2.30. The number of methoxy groups -OCH3 is 2. The zero-order valence-corrected chi connectivity index (χ0v) is 18.5. The fourth-order valence-electron chi connectivity index (χ4n) is 3.08. The number of nitrogens with one attached hydrogen (secondary N) is 1. The van der Waals surface area contributed by atoms with Gasteiger partial charge in [0.25, 0.3) is 5.69 Å². The van der Waals surface area contributed by atoms with Gasteiger partial charge in [-0.3, -0.25) is 14.9 Å². The molecule has 8 nitrogen and oxygen atoms in total. The lowest BCUT2D eigenvalue weighted by Gasteiger charge is -2.12. The quantitative estimate of drug-likeness (QED) is 0.276. The topological polar surface area (TPSA) is 99.9 Å². The van der Waals surface area contributed by atoms with Crippen LogP contribution in [0.1, 0.15) is 16.7 Å². The van der Waals surface area contributed by atoms with Crippen molar-refractivity contribution in [2.75, 3.05) is 19.5 Å². The summed E-state index contributed by atoms with van der Waals surface area (Å²) in [6, 6.07) is 17.3. The van der Waals surface area contributed by atoms with Gasteiger partial charge in [-0.25, -0.2) is 0 Å². The Morgan fingerprint density at radius 3 is 2.45 bits per heavy atom. The van der Waals surface area contributed by atoms with Gasteiger partial charge < -0.3 is 19.5 Å². The van der Waals surface area contributed by atoms with Gasteiger partial charge in [-0.2, -0.15) is 0 Å². The first-order valence-electron chi connectivity index (χ1n) is 10.1. The number of ether oxygens (including phenoxy) is 3. The van der Waals surface area contributed by atoms with E-state index in [1.807, 2.05) is 37.3 Å². The van der Waals surface area contributed by atoms with Crippen LogP contribution in [0.5, 0.6) is 17.2 Å². The van der Waals surface area contributed by atoms with Gasteiger partial charge in [-0.1, -0.05) is 30.3 Å². The number of nitro benzene ring substituents is 1. The number of anilines is 1. The molecule has 0 heterocycles. The molecule has 1 N–H and O–H groups in total. The Morgan fingerprint density at radius 1 is 1.00 bits per heavy atom. The summed E-state index contributed by atoms with van der Waals surface area (Å²) in [7, 11) is 2.93. The number of hydrogen-bond donors (Lipinski definition) is 1. The Hall–Kier alpha value is -4.33. The smallest absolute Gasteiger partial charge is 0.273 e. The lowest BCUT2D eigenvalue weighted by molar-refractivity contribution is -0.384. The van der Waals surface area contributed by atoms with Crippen LogP contribution < -0.4 is 19.5 Å². The molecule has 8 heteroatoms. The first kappa shape index (κ1) is 23.3. The van der Waals surface area contributed by atoms with E-state index in [1.54, 1.807) is 25.3 Å². The van der Waals surface area contributed by atoms with Crippen molar-refractivity contribution in [1.29, 1.82) is 0 Å². The Kier molecular flexibility index (Phi) is 7.64. The SMILES string of the molecule is COc1cc([N+](=O)[O-])ccc1NC(=O)/C=C/c1ccc(OCc2ccccc2C)c(OC)c1. The largest absolute Gasteiger partial charge is 0.494 e. The molecule has 0 aliphatic heterocycles. The Bertz CT molecular complexity index is 1190. The van der Waals surface area contributed by atoms with E-state index in [-0.39, 0.29) is 11.4 Å². The van der Waals surface area contributed by atoms with E-state index in [2.05, 4.69) is 5.32 Å². The molecule has 3 rings (SSSR count). The van der Waals surface area contributed by atoms with E-state index in [9.17, 15) is 14.9 Å². The van der Waals surface area contributed by atoms with Crippen molar-refractivity contribution < 1.29 is 23.9 Å². The van der Waals surface area contributed by atoms with Gasteiger partial charge in [0.1, 0.15) is 12.4 Å². The highest BCUT2D eigenvalue weighted by molar-refractivity contribution is 6.02. The molecular formula is C25H24N2O6. The molecule has 0 spiro atoms. The van der Waals surface area contributed by atoms with Crippen LogP contribution in [0, 0.1) is 17.0 Å². The number of rotatable bonds is 9. The Labute approximate surface area is 191 Å². The maximum atomic E-state index is 12.3. The van der Waals surface area contributed by atoms with Gasteiger partial charge in [-0.05, 0) is 47.9 Å². The van der Waals surface area contributed by atoms with Crippen LogP contribution >= 0.6 is 0 Å². The van der Waals surface area contributed by atoms with Gasteiger partial charge in [0.2, 0.25) is 5.91 Å². The molecule has 0 aromatic heterocycles. The highest BCUT2D eigenvalue weighted by Gasteiger charge is 2.12. The van der Waals surface area contributed by atoms with Crippen LogP contribution in [0.4, 0.5) is 11.4 Å². The summed E-state index contributed by atoms with van der Waals surface area (Å²) in [6.07, 6.45) is 2.98. The van der Waals surface area contributed by atoms with Crippen molar-refractivity contribution in [2.45, 2.75) is 13.5 Å². The summed E-state index contributed by atoms with van der Waals surface area (Å²) >= 11 is 0. The number of carbonyl (C=O) groups is 1. The first-order chi connectivity index (χ1) is 15.9. The van der Waals surface area contributed by atoms with Gasteiger partial charge in [0.05, 0.1) is 30.9 Å². The van der Waals surface area contributed by atoms with E-state index >= 15 is 0 Å². The molecule has 0 saturated heterocycles. The normalized spacial score (nSPS) is 10.6. The van der Waals surface area contributed by atoms with Gasteiger partial charge >= 0.3 is 0 Å². The van der Waals surface area contributed by atoms with Crippen molar-refractivity contribution in [3.05, 3.63) is 93.5 Å². The molecule has 1 amide bonds. The number of carbonyl (C=O) groups excluding carboxylic acids is 1. The third-order valence-electron chi connectivity index (χ3n) is 4.91. The summed E-state index contributed by atoms with van der Waals surface area (Å²) in [5.74, 6) is 0.921. The van der Waals surface area contributed by atoms with Crippen molar-refractivity contribution >= 4 is 23.4 Å². The number of hydrogen-bond acceptors (Lipinski definition) is 6. The summed E-state index contributed by atoms with van der Waals surface area (Å²) in [4.78, 5) is 22.7. The second-order valence-corrected chi connectivity index (χ2v) is 7.09. The molecule has 3 aromatic rings. The predicted molar refractivity (Wildman–Crippen MR) is 126 cm³/mol. The molecule has 0 saturated carbocycles. The number of nitro groups is 1. The highest BCUT2D eigenvalue weighted by atomic mass is 16.6. The number of nitrogens with zero attached hydrogens (tertiary/aromatic N) is 1. The molecule has 0 aliphatic rings. The van der Waals surface area contributed by atoms with Crippen LogP contribution in [0.15, 0.2) is 66.7 Å². The van der Waals surface area contributed by atoms with E-state index < -0.39 is 10.8 Å². The first-order valence-corrected chi connectivity index (χ1v) is 10.1. The number of benzene rings is 3. The van der Waals surface area contributed by atoms with E-state index in [0.29, 0.717) is 23.8 Å². The Balaban J connectivity index is 1.67. The Morgan fingerprint density at radius 2 is 1.76 bits per heavy atom. The summed E-state index contributed by atoms with van der Waals surface area (Å²) < 4.78 is 16.5. The minimum atomic E-state index is -0.532. The molecule has 0 aliphatic carbocycles. The van der Waals surface area contributed by atoms with E-state index in [4.69, 9.17) is 14.2 Å². The van der Waals surface area contributed by atoms with Gasteiger partial charge in [-0.15, -0.1) is 0 Å². The molecule has 170 valence electrons. The predicted octanol–water partition coefficient (Wildman–Crippen LogP) is 5.15. The van der Waals surface area contributed by atoms with Crippen LogP contribution in [0.3, 0.4) is 0 Å². The van der Waals surface area contributed by atoms with Gasteiger partial charge in [0, 0.05) is 12.1 Å². The maximum Gasteiger partial charge on any atom is 0.273 e. The van der Waals surface area contributed by atoms with E-state index in [0.717, 1.165) is 16.7 Å². The molecule has 3 aromatic carbocycles. The number of amides is 1. The average molecular weight is 448 g/mol. The van der Waals surface area contributed by atoms with Crippen LogP contribution in [0.25, 0.3) is 6.08 Å². The zero-order valence-electron chi connectivity index (χ0n) is 18.5. The van der Waals surface area contributed by atoms with Crippen LogP contribution in [-0.2, 0) is 11.4 Å². The van der Waals surface area contributed by atoms with E-state index in [1.165, 1.54) is 31.4 Å². The standard InChI is InChI=1S/C25H24N2O6/c1-17-6-4-5-7-19(17)16-33-22-12-8-18(14-24(22)32-3)9-13-25(28)26-21-11-10-20(27(29)30)15-23(21)31-2/h4-15H,16H2,1-3H3,(H,26,28)/b13-9+. The van der Waals surface area contributed by atoms with Crippen molar-refractivity contribution in [3.8, 4) is 17.2 Å². The van der Waals surface area contributed by atoms with Crippen LogP contribution in [-0.4, -0.2) is 25.1 Å².